The molecule has 0 unspecified atom stereocenters. The molecule has 0 spiro atoms. The average molecular weight is 492 g/mol. The van der Waals surface area contributed by atoms with Gasteiger partial charge in [-0.2, -0.15) is 0 Å². The van der Waals surface area contributed by atoms with Crippen molar-refractivity contribution < 1.29 is 28.6 Å². The van der Waals surface area contributed by atoms with Crippen molar-refractivity contribution in [1.29, 1.82) is 0 Å². The molecule has 1 aliphatic rings. The molecule has 9 heteroatoms. The third-order valence-corrected chi connectivity index (χ3v) is 6.26. The number of fused-ring (bicyclic) bond motifs is 1. The number of nitrogens with zero attached hydrogens (tertiary/aromatic N) is 2. The number of halogens is 1. The molecule has 2 aromatic carbocycles. The van der Waals surface area contributed by atoms with Crippen LogP contribution in [0.1, 0.15) is 16.8 Å². The molecule has 4 aromatic rings. The molecule has 1 aliphatic heterocycles. The third-order valence-electron chi connectivity index (χ3n) is 6.26. The van der Waals surface area contributed by atoms with Crippen LogP contribution in [-0.2, 0) is 9.57 Å². The lowest BCUT2D eigenvalue weighted by atomic mass is 10.0. The molecule has 2 aromatic heterocycles. The second kappa shape index (κ2) is 10.1. The Morgan fingerprint density at radius 3 is 2.44 bits per heavy atom. The van der Waals surface area contributed by atoms with Crippen LogP contribution in [0.25, 0.3) is 33.4 Å². The van der Waals surface area contributed by atoms with Crippen molar-refractivity contribution in [1.82, 2.24) is 15.0 Å². The predicted molar refractivity (Wildman–Crippen MR) is 132 cm³/mol. The number of hydrogen-bond donors (Lipinski definition) is 2. The molecule has 0 aliphatic carbocycles. The van der Waals surface area contributed by atoms with Gasteiger partial charge in [-0.3, -0.25) is 9.63 Å². The summed E-state index contributed by atoms with van der Waals surface area (Å²) in [6, 6.07) is 17.8. The standard InChI is InChI=1S/C27H26FN3O5/c1-31(34-2)27(33)19-9-5-17(6-10-19)16-3-7-18(8-4-16)26-22(28)12-23-24(30-26)13-25(29-23)36-21-11-20(14-32)35-15-21/h3-10,12-13,20-21,29,32H,11,14-15H2,1-2H3/t20-,21-/m0/s1. The van der Waals surface area contributed by atoms with Crippen LogP contribution >= 0.6 is 0 Å². The first-order valence-corrected chi connectivity index (χ1v) is 11.6. The van der Waals surface area contributed by atoms with Gasteiger partial charge in [-0.15, -0.1) is 0 Å². The van der Waals surface area contributed by atoms with Crippen LogP contribution in [0.5, 0.6) is 5.88 Å². The first-order chi connectivity index (χ1) is 17.4. The molecule has 0 radical (unpaired) electrons. The van der Waals surface area contributed by atoms with E-state index in [4.69, 9.17) is 14.3 Å². The lowest BCUT2D eigenvalue weighted by molar-refractivity contribution is -0.0756. The molecule has 1 fully saturated rings. The van der Waals surface area contributed by atoms with Crippen molar-refractivity contribution in [2.45, 2.75) is 18.6 Å². The number of amides is 1. The maximum Gasteiger partial charge on any atom is 0.277 e. The molecule has 5 rings (SSSR count). The zero-order valence-electron chi connectivity index (χ0n) is 19.9. The Hall–Kier alpha value is -3.79. The molecule has 0 bridgehead atoms. The van der Waals surface area contributed by atoms with E-state index >= 15 is 0 Å². The number of ether oxygens (including phenoxy) is 2. The molecule has 1 saturated heterocycles. The second-order valence-electron chi connectivity index (χ2n) is 8.64. The Morgan fingerprint density at radius 1 is 1.14 bits per heavy atom. The molecule has 186 valence electrons. The summed E-state index contributed by atoms with van der Waals surface area (Å²) in [5, 5.41) is 10.4. The van der Waals surface area contributed by atoms with Crippen LogP contribution in [0.2, 0.25) is 0 Å². The molecular formula is C27H26FN3O5. The van der Waals surface area contributed by atoms with E-state index in [1.54, 1.807) is 25.2 Å². The van der Waals surface area contributed by atoms with Gasteiger partial charge in [0.05, 0.1) is 37.5 Å². The molecule has 3 heterocycles. The van der Waals surface area contributed by atoms with E-state index in [0.717, 1.165) is 16.2 Å². The van der Waals surface area contributed by atoms with Gasteiger partial charge in [-0.1, -0.05) is 36.4 Å². The fraction of sp³-hybridized carbons (Fsp3) is 0.259. The average Bonchev–Trinajstić information content (AvgIpc) is 3.53. The van der Waals surface area contributed by atoms with Gasteiger partial charge < -0.3 is 19.6 Å². The zero-order chi connectivity index (χ0) is 25.2. The van der Waals surface area contributed by atoms with Gasteiger partial charge in [-0.05, 0) is 23.3 Å². The van der Waals surface area contributed by atoms with Gasteiger partial charge in [-0.25, -0.2) is 14.4 Å². The normalized spacial score (nSPS) is 17.4. The summed E-state index contributed by atoms with van der Waals surface area (Å²) in [7, 11) is 2.99. The van der Waals surface area contributed by atoms with Gasteiger partial charge in [0.2, 0.25) is 0 Å². The minimum absolute atomic E-state index is 0.0432. The van der Waals surface area contributed by atoms with Gasteiger partial charge in [0, 0.05) is 36.7 Å². The SMILES string of the molecule is CON(C)C(=O)c1ccc(-c2ccc(-c3nc4cc(O[C@@H]5CO[C@H](CO)C5)[nH]c4cc3F)cc2)cc1. The fourth-order valence-corrected chi connectivity index (χ4v) is 4.22. The number of benzene rings is 2. The van der Waals surface area contributed by atoms with Crippen LogP contribution < -0.4 is 4.74 Å². The number of pyridine rings is 1. The zero-order valence-corrected chi connectivity index (χ0v) is 19.9. The highest BCUT2D eigenvalue weighted by Crippen LogP contribution is 2.30. The molecule has 0 saturated carbocycles. The number of hydrogen-bond acceptors (Lipinski definition) is 6. The maximum atomic E-state index is 14.9. The monoisotopic (exact) mass is 491 g/mol. The van der Waals surface area contributed by atoms with Crippen LogP contribution in [0, 0.1) is 5.82 Å². The predicted octanol–water partition coefficient (Wildman–Crippen LogP) is 4.20. The number of nitrogens with one attached hydrogen (secondary N) is 1. The Balaban J connectivity index is 1.34. The second-order valence-corrected chi connectivity index (χ2v) is 8.64. The van der Waals surface area contributed by atoms with Gasteiger partial charge in [0.1, 0.15) is 11.8 Å². The summed E-state index contributed by atoms with van der Waals surface area (Å²) in [5.41, 5.74) is 4.38. The Labute approximate surface area is 207 Å². The van der Waals surface area contributed by atoms with Gasteiger partial charge >= 0.3 is 0 Å². The summed E-state index contributed by atoms with van der Waals surface area (Å²) in [4.78, 5) is 24.7. The number of H-pyrrole nitrogens is 1. The topological polar surface area (TPSA) is 96.9 Å². The van der Waals surface area contributed by atoms with Crippen LogP contribution in [-0.4, -0.2) is 65.6 Å². The summed E-state index contributed by atoms with van der Waals surface area (Å²) in [6.45, 7) is 0.349. The van der Waals surface area contributed by atoms with Crippen LogP contribution in [0.3, 0.4) is 0 Å². The smallest absolute Gasteiger partial charge is 0.277 e. The number of carbonyl (C=O) groups is 1. The fourth-order valence-electron chi connectivity index (χ4n) is 4.22. The highest BCUT2D eigenvalue weighted by atomic mass is 19.1. The number of rotatable bonds is 7. The van der Waals surface area contributed by atoms with Crippen molar-refractivity contribution in [3.05, 3.63) is 72.0 Å². The highest BCUT2D eigenvalue weighted by Gasteiger charge is 2.27. The van der Waals surface area contributed by atoms with E-state index < -0.39 is 5.82 Å². The van der Waals surface area contributed by atoms with Crippen molar-refractivity contribution in [2.24, 2.45) is 0 Å². The lowest BCUT2D eigenvalue weighted by Crippen LogP contribution is -2.25. The van der Waals surface area contributed by atoms with E-state index in [0.29, 0.717) is 41.1 Å². The minimum Gasteiger partial charge on any atom is -0.473 e. The first-order valence-electron chi connectivity index (χ1n) is 11.6. The summed E-state index contributed by atoms with van der Waals surface area (Å²) in [5.74, 6) is -0.200. The number of aromatic amines is 1. The van der Waals surface area contributed by atoms with Gasteiger partial charge in [0.25, 0.3) is 5.91 Å². The van der Waals surface area contributed by atoms with Crippen LogP contribution in [0.4, 0.5) is 4.39 Å². The highest BCUT2D eigenvalue weighted by molar-refractivity contribution is 5.94. The minimum atomic E-state index is -0.446. The number of aromatic nitrogens is 2. The van der Waals surface area contributed by atoms with E-state index in [-0.39, 0.29) is 30.4 Å². The number of aliphatic hydroxyl groups is 1. The number of hydroxylamine groups is 2. The first kappa shape index (κ1) is 23.9. The summed E-state index contributed by atoms with van der Waals surface area (Å²) < 4.78 is 26.3. The molecule has 1 amide bonds. The van der Waals surface area contributed by atoms with E-state index in [1.807, 2.05) is 36.4 Å². The van der Waals surface area contributed by atoms with Crippen molar-refractivity contribution >= 4 is 16.9 Å². The van der Waals surface area contributed by atoms with Crippen LogP contribution in [0.15, 0.2) is 60.7 Å². The number of aliphatic hydroxyl groups excluding tert-OH is 1. The molecular weight excluding hydrogens is 465 g/mol. The third kappa shape index (κ3) is 4.81. The maximum absolute atomic E-state index is 14.9. The van der Waals surface area contributed by atoms with E-state index in [1.165, 1.54) is 13.2 Å². The van der Waals surface area contributed by atoms with Crippen molar-refractivity contribution in [3.8, 4) is 28.3 Å². The lowest BCUT2D eigenvalue weighted by Gasteiger charge is -2.13. The summed E-state index contributed by atoms with van der Waals surface area (Å²) >= 11 is 0. The van der Waals surface area contributed by atoms with Gasteiger partial charge in [0.15, 0.2) is 11.7 Å². The summed E-state index contributed by atoms with van der Waals surface area (Å²) in [6.07, 6.45) is 0.191. The Morgan fingerprint density at radius 2 is 1.81 bits per heavy atom. The Bertz CT molecular complexity index is 1370. The molecule has 2 N–H and O–H groups in total. The van der Waals surface area contributed by atoms with Crippen molar-refractivity contribution in [2.75, 3.05) is 27.4 Å². The number of carbonyl (C=O) groups excluding carboxylic acids is 1. The quantitative estimate of drug-likeness (QED) is 0.376. The molecule has 36 heavy (non-hydrogen) atoms. The van der Waals surface area contributed by atoms with E-state index in [2.05, 4.69) is 9.97 Å². The molecule has 2 atom stereocenters. The van der Waals surface area contributed by atoms with Crippen molar-refractivity contribution in [3.63, 3.8) is 0 Å². The Kier molecular flexibility index (Phi) is 6.69. The molecule has 8 nitrogen and oxygen atoms in total. The largest absolute Gasteiger partial charge is 0.473 e. The van der Waals surface area contributed by atoms with E-state index in [9.17, 15) is 14.3 Å².